The van der Waals surface area contributed by atoms with E-state index in [9.17, 15) is 5.26 Å². The minimum absolute atomic E-state index is 0.0949. The van der Waals surface area contributed by atoms with E-state index in [2.05, 4.69) is 52.4 Å². The lowest BCUT2D eigenvalue weighted by molar-refractivity contribution is 0.574. The van der Waals surface area contributed by atoms with Crippen molar-refractivity contribution < 1.29 is 0 Å². The van der Waals surface area contributed by atoms with Crippen molar-refractivity contribution in [1.29, 1.82) is 5.26 Å². The van der Waals surface area contributed by atoms with E-state index in [0.29, 0.717) is 17.6 Å². The number of nitrogen functional groups attached to an aromatic ring is 1. The van der Waals surface area contributed by atoms with Crippen LogP contribution in [0.5, 0.6) is 0 Å². The fraction of sp³-hybridized carbons (Fsp3) is 0.412. The zero-order valence-corrected chi connectivity index (χ0v) is 15.0. The van der Waals surface area contributed by atoms with Gasteiger partial charge in [0.1, 0.15) is 6.07 Å². The Bertz CT molecular complexity index is 822. The molecule has 7 nitrogen and oxygen atoms in total. The van der Waals surface area contributed by atoms with Crippen LogP contribution in [0.4, 0.5) is 11.9 Å². The van der Waals surface area contributed by atoms with Crippen LogP contribution in [0.25, 0.3) is 11.6 Å². The van der Waals surface area contributed by atoms with Gasteiger partial charge >= 0.3 is 0 Å². The number of aryl methyl sites for hydroxylation is 1. The molecule has 0 aliphatic rings. The minimum atomic E-state index is 0.0949. The maximum Gasteiger partial charge on any atom is 0.230 e. The van der Waals surface area contributed by atoms with Crippen molar-refractivity contribution in [3.8, 4) is 6.07 Å². The quantitative estimate of drug-likeness (QED) is 0.868. The number of rotatable bonds is 4. The lowest BCUT2D eigenvalue weighted by atomic mass is 10.1. The van der Waals surface area contributed by atoms with Gasteiger partial charge in [-0.1, -0.05) is 0 Å². The summed E-state index contributed by atoms with van der Waals surface area (Å²) >= 11 is 0. The largest absolute Gasteiger partial charge is 0.368 e. The lowest BCUT2D eigenvalue weighted by Crippen LogP contribution is -2.15. The number of nitrogens with two attached hydrogens (primary N) is 1. The van der Waals surface area contributed by atoms with Gasteiger partial charge in [0.25, 0.3) is 0 Å². The van der Waals surface area contributed by atoms with Crippen molar-refractivity contribution >= 4 is 23.5 Å². The van der Waals surface area contributed by atoms with Gasteiger partial charge in [0.05, 0.1) is 5.57 Å². The molecule has 24 heavy (non-hydrogen) atoms. The Morgan fingerprint density at radius 2 is 1.96 bits per heavy atom. The Kier molecular flexibility index (Phi) is 4.88. The smallest absolute Gasteiger partial charge is 0.230 e. The molecule has 0 fully saturated rings. The molecule has 0 aliphatic heterocycles. The van der Waals surface area contributed by atoms with Gasteiger partial charge in [-0.05, 0) is 45.4 Å². The number of nitriles is 1. The van der Waals surface area contributed by atoms with Gasteiger partial charge in [0, 0.05) is 31.5 Å². The van der Waals surface area contributed by atoms with Crippen LogP contribution in [-0.2, 0) is 0 Å². The predicted octanol–water partition coefficient (Wildman–Crippen LogP) is 2.58. The number of aromatic nitrogens is 4. The zero-order chi connectivity index (χ0) is 18.0. The second-order valence-corrected chi connectivity index (χ2v) is 6.17. The standard InChI is InChI=1S/C17H23N7/c1-10(2)24-11(3)7-13(12(24)4)8-14(9-18)15-20-16(19)22-17(21-15)23(5)6/h7-8,10H,1-6H3,(H2,19,20,21,22)/b14-8-. The summed E-state index contributed by atoms with van der Waals surface area (Å²) in [7, 11) is 3.62. The van der Waals surface area contributed by atoms with Crippen LogP contribution < -0.4 is 10.6 Å². The average Bonchev–Trinajstić information content (AvgIpc) is 2.78. The summed E-state index contributed by atoms with van der Waals surface area (Å²) in [6.07, 6.45) is 1.80. The van der Waals surface area contributed by atoms with E-state index < -0.39 is 0 Å². The van der Waals surface area contributed by atoms with E-state index in [0.717, 1.165) is 17.0 Å². The van der Waals surface area contributed by atoms with Gasteiger partial charge in [0.15, 0.2) is 5.82 Å². The van der Waals surface area contributed by atoms with Crippen molar-refractivity contribution in [3.05, 3.63) is 28.8 Å². The summed E-state index contributed by atoms with van der Waals surface area (Å²) in [6.45, 7) is 8.37. The molecule has 0 unspecified atom stereocenters. The van der Waals surface area contributed by atoms with Crippen molar-refractivity contribution in [2.24, 2.45) is 0 Å². The summed E-state index contributed by atoms with van der Waals surface area (Å²) in [5.74, 6) is 0.798. The molecule has 7 heteroatoms. The van der Waals surface area contributed by atoms with E-state index in [-0.39, 0.29) is 11.8 Å². The maximum absolute atomic E-state index is 9.56. The molecule has 2 heterocycles. The van der Waals surface area contributed by atoms with E-state index >= 15 is 0 Å². The molecule has 0 spiro atoms. The maximum atomic E-state index is 9.56. The van der Waals surface area contributed by atoms with Gasteiger partial charge in [0.2, 0.25) is 11.9 Å². The third kappa shape index (κ3) is 3.38. The molecule has 126 valence electrons. The van der Waals surface area contributed by atoms with E-state index in [1.165, 1.54) is 0 Å². The van der Waals surface area contributed by atoms with Crippen LogP contribution in [-0.4, -0.2) is 33.6 Å². The molecular formula is C17H23N7. The molecule has 0 amide bonds. The second-order valence-electron chi connectivity index (χ2n) is 6.17. The van der Waals surface area contributed by atoms with Crippen LogP contribution in [0.15, 0.2) is 6.07 Å². The van der Waals surface area contributed by atoms with Crippen LogP contribution in [0, 0.1) is 25.2 Å². The first kappa shape index (κ1) is 17.5. The lowest BCUT2D eigenvalue weighted by Gasteiger charge is -2.13. The molecule has 0 atom stereocenters. The Hall–Kier alpha value is -2.88. The Balaban J connectivity index is 2.56. The van der Waals surface area contributed by atoms with Crippen LogP contribution in [0.1, 0.15) is 42.7 Å². The van der Waals surface area contributed by atoms with Crippen LogP contribution >= 0.6 is 0 Å². The minimum Gasteiger partial charge on any atom is -0.368 e. The molecule has 0 bridgehead atoms. The summed E-state index contributed by atoms with van der Waals surface area (Å²) < 4.78 is 2.23. The Morgan fingerprint density at radius 1 is 1.29 bits per heavy atom. The molecule has 2 rings (SSSR count). The summed E-state index contributed by atoms with van der Waals surface area (Å²) in [5, 5.41) is 9.56. The van der Waals surface area contributed by atoms with Crippen molar-refractivity contribution in [1.82, 2.24) is 19.5 Å². The summed E-state index contributed by atoms with van der Waals surface area (Å²) in [6, 6.07) is 4.58. The van der Waals surface area contributed by atoms with E-state index in [1.54, 1.807) is 11.0 Å². The van der Waals surface area contributed by atoms with Crippen molar-refractivity contribution in [3.63, 3.8) is 0 Å². The number of allylic oxidation sites excluding steroid dienone is 1. The van der Waals surface area contributed by atoms with Crippen molar-refractivity contribution in [2.75, 3.05) is 24.7 Å². The fourth-order valence-corrected chi connectivity index (χ4v) is 2.75. The first-order valence-corrected chi connectivity index (χ1v) is 7.74. The first-order chi connectivity index (χ1) is 11.2. The van der Waals surface area contributed by atoms with Crippen molar-refractivity contribution in [2.45, 2.75) is 33.7 Å². The summed E-state index contributed by atoms with van der Waals surface area (Å²) in [5.41, 5.74) is 9.33. The Morgan fingerprint density at radius 3 is 2.46 bits per heavy atom. The molecule has 0 saturated carbocycles. The third-order valence-electron chi connectivity index (χ3n) is 3.74. The molecule has 2 aromatic heterocycles. The molecule has 2 N–H and O–H groups in total. The summed E-state index contributed by atoms with van der Waals surface area (Å²) in [4.78, 5) is 14.2. The molecular weight excluding hydrogens is 302 g/mol. The number of nitrogens with zero attached hydrogens (tertiary/aromatic N) is 6. The molecule has 0 radical (unpaired) electrons. The average molecular weight is 325 g/mol. The highest BCUT2D eigenvalue weighted by Gasteiger charge is 2.14. The van der Waals surface area contributed by atoms with E-state index in [4.69, 9.17) is 5.73 Å². The molecule has 2 aromatic rings. The fourth-order valence-electron chi connectivity index (χ4n) is 2.75. The zero-order valence-electron chi connectivity index (χ0n) is 15.0. The predicted molar refractivity (Wildman–Crippen MR) is 96.3 cm³/mol. The van der Waals surface area contributed by atoms with Gasteiger partial charge in [-0.15, -0.1) is 0 Å². The van der Waals surface area contributed by atoms with E-state index in [1.807, 2.05) is 21.0 Å². The normalized spacial score (nSPS) is 11.7. The number of hydrogen-bond acceptors (Lipinski definition) is 6. The third-order valence-corrected chi connectivity index (χ3v) is 3.74. The topological polar surface area (TPSA) is 96.7 Å². The van der Waals surface area contributed by atoms with Gasteiger partial charge in [-0.2, -0.15) is 20.2 Å². The molecule has 0 aliphatic carbocycles. The molecule has 0 saturated heterocycles. The monoisotopic (exact) mass is 325 g/mol. The van der Waals surface area contributed by atoms with Gasteiger partial charge in [-0.25, -0.2) is 0 Å². The van der Waals surface area contributed by atoms with Crippen LogP contribution in [0.3, 0.4) is 0 Å². The first-order valence-electron chi connectivity index (χ1n) is 7.74. The highest BCUT2D eigenvalue weighted by atomic mass is 15.3. The number of hydrogen-bond donors (Lipinski definition) is 1. The molecule has 0 aromatic carbocycles. The highest BCUT2D eigenvalue weighted by Crippen LogP contribution is 2.24. The highest BCUT2D eigenvalue weighted by molar-refractivity contribution is 5.88. The van der Waals surface area contributed by atoms with Gasteiger partial charge < -0.3 is 15.2 Å². The number of anilines is 2. The second kappa shape index (κ2) is 6.71. The van der Waals surface area contributed by atoms with Gasteiger partial charge in [-0.3, -0.25) is 0 Å². The van der Waals surface area contributed by atoms with Crippen LogP contribution in [0.2, 0.25) is 0 Å². The SMILES string of the molecule is Cc1cc(/C=C(/C#N)c2nc(N)nc(N(C)C)n2)c(C)n1C(C)C. The Labute approximate surface area is 142 Å².